The van der Waals surface area contributed by atoms with Crippen molar-refractivity contribution in [2.45, 2.75) is 39.2 Å². The maximum absolute atomic E-state index is 12.0. The average molecular weight is 292 g/mol. The molecule has 2 heterocycles. The predicted molar refractivity (Wildman–Crippen MR) is 79.5 cm³/mol. The van der Waals surface area contributed by atoms with Gasteiger partial charge in [0.25, 0.3) is 0 Å². The van der Waals surface area contributed by atoms with E-state index in [1.54, 1.807) is 23.8 Å². The van der Waals surface area contributed by atoms with Gasteiger partial charge in [-0.2, -0.15) is 0 Å². The third-order valence-electron chi connectivity index (χ3n) is 2.97. The highest BCUT2D eigenvalue weighted by Gasteiger charge is 2.18. The van der Waals surface area contributed by atoms with E-state index < -0.39 is 0 Å². The van der Waals surface area contributed by atoms with Crippen LogP contribution in [0, 0.1) is 5.92 Å². The highest BCUT2D eigenvalue weighted by atomic mass is 32.1. The van der Waals surface area contributed by atoms with Crippen molar-refractivity contribution < 1.29 is 9.21 Å². The van der Waals surface area contributed by atoms with Crippen LogP contribution in [-0.2, 0) is 11.2 Å². The van der Waals surface area contributed by atoms with Gasteiger partial charge in [-0.05, 0) is 24.5 Å². The van der Waals surface area contributed by atoms with E-state index in [4.69, 9.17) is 4.42 Å². The van der Waals surface area contributed by atoms with Gasteiger partial charge in [0, 0.05) is 24.4 Å². The van der Waals surface area contributed by atoms with Crippen molar-refractivity contribution in [1.29, 1.82) is 0 Å². The zero-order chi connectivity index (χ0) is 14.4. The molecule has 0 aliphatic carbocycles. The summed E-state index contributed by atoms with van der Waals surface area (Å²) in [6.45, 7) is 4.30. The van der Waals surface area contributed by atoms with Crippen LogP contribution in [-0.4, -0.2) is 10.9 Å². The van der Waals surface area contributed by atoms with Crippen LogP contribution in [0.1, 0.15) is 43.5 Å². The average Bonchev–Trinajstić information content (AvgIpc) is 3.08. The molecule has 1 atom stereocenters. The Morgan fingerprint density at radius 3 is 2.95 bits per heavy atom. The predicted octanol–water partition coefficient (Wildman–Crippen LogP) is 3.57. The summed E-state index contributed by atoms with van der Waals surface area (Å²) in [5, 5.41) is 6.00. The van der Waals surface area contributed by atoms with Crippen LogP contribution in [0.4, 0.5) is 0 Å². The van der Waals surface area contributed by atoms with Crippen LogP contribution in [0.25, 0.3) is 0 Å². The molecule has 108 valence electrons. The van der Waals surface area contributed by atoms with Crippen molar-refractivity contribution in [3.63, 3.8) is 0 Å². The molecule has 0 aliphatic rings. The molecule has 4 nitrogen and oxygen atoms in total. The molecule has 1 unspecified atom stereocenters. The summed E-state index contributed by atoms with van der Waals surface area (Å²) in [5.74, 6) is 1.39. The van der Waals surface area contributed by atoms with E-state index >= 15 is 0 Å². The fourth-order valence-corrected chi connectivity index (χ4v) is 2.76. The number of carbonyl (C=O) groups is 1. The van der Waals surface area contributed by atoms with Gasteiger partial charge >= 0.3 is 0 Å². The number of hydrogen-bond donors (Lipinski definition) is 1. The van der Waals surface area contributed by atoms with Gasteiger partial charge in [-0.3, -0.25) is 4.79 Å². The zero-order valence-corrected chi connectivity index (χ0v) is 12.7. The van der Waals surface area contributed by atoms with Crippen LogP contribution >= 0.6 is 11.3 Å². The number of hydrogen-bond acceptors (Lipinski definition) is 4. The van der Waals surface area contributed by atoms with Crippen LogP contribution in [0.5, 0.6) is 0 Å². The van der Waals surface area contributed by atoms with Crippen LogP contribution in [0.2, 0.25) is 0 Å². The monoisotopic (exact) mass is 292 g/mol. The summed E-state index contributed by atoms with van der Waals surface area (Å²) >= 11 is 1.59. The van der Waals surface area contributed by atoms with E-state index in [9.17, 15) is 4.79 Å². The molecule has 1 N–H and O–H groups in total. The van der Waals surface area contributed by atoms with Gasteiger partial charge in [0.05, 0.1) is 12.3 Å². The number of aromatic nitrogens is 1. The number of aryl methyl sites for hydroxylation is 1. The van der Waals surface area contributed by atoms with E-state index in [1.165, 1.54) is 0 Å². The molecule has 0 aromatic carbocycles. The van der Waals surface area contributed by atoms with Gasteiger partial charge < -0.3 is 9.73 Å². The molecule has 0 spiro atoms. The van der Waals surface area contributed by atoms with Crippen molar-refractivity contribution in [2.24, 2.45) is 5.92 Å². The lowest BCUT2D eigenvalue weighted by atomic mass is 10.0. The largest absolute Gasteiger partial charge is 0.469 e. The second-order valence-corrected chi connectivity index (χ2v) is 6.13. The molecule has 0 saturated heterocycles. The van der Waals surface area contributed by atoms with Crippen molar-refractivity contribution in [2.75, 3.05) is 0 Å². The lowest BCUT2D eigenvalue weighted by Crippen LogP contribution is -2.29. The molecular formula is C15H20N2O2S. The number of thiazole rings is 1. The Kier molecular flexibility index (Phi) is 5.35. The normalized spacial score (nSPS) is 12.6. The summed E-state index contributed by atoms with van der Waals surface area (Å²) in [7, 11) is 0. The third kappa shape index (κ3) is 4.49. The molecule has 2 rings (SSSR count). The number of rotatable bonds is 7. The minimum atomic E-state index is 0.0131. The molecule has 5 heteroatoms. The topological polar surface area (TPSA) is 55.1 Å². The lowest BCUT2D eigenvalue weighted by molar-refractivity contribution is -0.122. The van der Waals surface area contributed by atoms with E-state index in [-0.39, 0.29) is 11.9 Å². The first kappa shape index (κ1) is 14.8. The Hall–Kier alpha value is -1.62. The van der Waals surface area contributed by atoms with Crippen molar-refractivity contribution in [3.05, 3.63) is 40.7 Å². The zero-order valence-electron chi connectivity index (χ0n) is 11.8. The van der Waals surface area contributed by atoms with E-state index in [0.717, 1.165) is 17.2 Å². The summed E-state index contributed by atoms with van der Waals surface area (Å²) in [4.78, 5) is 16.4. The Bertz CT molecular complexity index is 506. The molecule has 1 amide bonds. The summed E-state index contributed by atoms with van der Waals surface area (Å²) in [5.41, 5.74) is 0. The Morgan fingerprint density at radius 2 is 2.35 bits per heavy atom. The fourth-order valence-electron chi connectivity index (χ4n) is 2.06. The van der Waals surface area contributed by atoms with E-state index in [1.807, 2.05) is 17.5 Å². The van der Waals surface area contributed by atoms with E-state index in [0.29, 0.717) is 18.8 Å². The number of nitrogens with zero attached hydrogens (tertiary/aromatic N) is 1. The SMILES string of the molecule is CC(C)CC(NC(=O)CCc1ccco1)c1nccs1. The lowest BCUT2D eigenvalue weighted by Gasteiger charge is -2.18. The number of furan rings is 1. The van der Waals surface area contributed by atoms with Gasteiger partial charge in [-0.25, -0.2) is 4.98 Å². The quantitative estimate of drug-likeness (QED) is 0.848. The first-order valence-corrected chi connectivity index (χ1v) is 7.74. The highest BCUT2D eigenvalue weighted by molar-refractivity contribution is 7.09. The Balaban J connectivity index is 1.88. The third-order valence-corrected chi connectivity index (χ3v) is 3.86. The number of amides is 1. The van der Waals surface area contributed by atoms with Crippen molar-refractivity contribution in [3.8, 4) is 0 Å². The summed E-state index contributed by atoms with van der Waals surface area (Å²) in [6, 6.07) is 3.74. The van der Waals surface area contributed by atoms with Gasteiger partial charge in [-0.1, -0.05) is 13.8 Å². The Labute approximate surface area is 123 Å². The molecule has 0 fully saturated rings. The van der Waals surface area contributed by atoms with Crippen molar-refractivity contribution in [1.82, 2.24) is 10.3 Å². The minimum Gasteiger partial charge on any atom is -0.469 e. The number of nitrogens with one attached hydrogen (secondary N) is 1. The fraction of sp³-hybridized carbons (Fsp3) is 0.467. The second kappa shape index (κ2) is 7.24. The summed E-state index contributed by atoms with van der Waals surface area (Å²) < 4.78 is 5.24. The molecule has 0 radical (unpaired) electrons. The summed E-state index contributed by atoms with van der Waals surface area (Å²) in [6.07, 6.45) is 5.38. The maximum atomic E-state index is 12.0. The molecule has 0 aliphatic heterocycles. The van der Waals surface area contributed by atoms with Gasteiger partial charge in [0.15, 0.2) is 0 Å². The Morgan fingerprint density at radius 1 is 1.50 bits per heavy atom. The minimum absolute atomic E-state index is 0.0131. The van der Waals surface area contributed by atoms with Crippen LogP contribution in [0.3, 0.4) is 0 Å². The maximum Gasteiger partial charge on any atom is 0.221 e. The number of carbonyl (C=O) groups excluding carboxylic acids is 1. The smallest absolute Gasteiger partial charge is 0.221 e. The standard InChI is InChI=1S/C15H20N2O2S/c1-11(2)10-13(15-16-7-9-20-15)17-14(18)6-5-12-4-3-8-19-12/h3-4,7-9,11,13H,5-6,10H2,1-2H3,(H,17,18). The second-order valence-electron chi connectivity index (χ2n) is 5.20. The molecule has 20 heavy (non-hydrogen) atoms. The van der Waals surface area contributed by atoms with Gasteiger partial charge in [-0.15, -0.1) is 11.3 Å². The molecule has 2 aromatic rings. The van der Waals surface area contributed by atoms with Gasteiger partial charge in [0.1, 0.15) is 10.8 Å². The first-order valence-electron chi connectivity index (χ1n) is 6.86. The van der Waals surface area contributed by atoms with E-state index in [2.05, 4.69) is 24.1 Å². The molecule has 2 aromatic heterocycles. The van der Waals surface area contributed by atoms with Crippen LogP contribution < -0.4 is 5.32 Å². The molecule has 0 saturated carbocycles. The molecule has 0 bridgehead atoms. The first-order chi connectivity index (χ1) is 9.65. The van der Waals surface area contributed by atoms with Gasteiger partial charge in [0.2, 0.25) is 5.91 Å². The highest BCUT2D eigenvalue weighted by Crippen LogP contribution is 2.23. The van der Waals surface area contributed by atoms with Crippen molar-refractivity contribution >= 4 is 17.2 Å². The van der Waals surface area contributed by atoms with Crippen LogP contribution in [0.15, 0.2) is 34.4 Å². The molecular weight excluding hydrogens is 272 g/mol.